The van der Waals surface area contributed by atoms with Gasteiger partial charge >= 0.3 is 0 Å². The highest BCUT2D eigenvalue weighted by atomic mass is 16.8. The van der Waals surface area contributed by atoms with Crippen LogP contribution in [0.15, 0.2) is 29.1 Å². The van der Waals surface area contributed by atoms with Crippen LogP contribution in [0.3, 0.4) is 0 Å². The van der Waals surface area contributed by atoms with Gasteiger partial charge < -0.3 is 4.74 Å². The SMILES string of the molecule is CC(C)Cn1nc(C(=O)NO[C@@H]2CCCCO2)c2ccccc2c1=O. The lowest BCUT2D eigenvalue weighted by Gasteiger charge is -2.22. The van der Waals surface area contributed by atoms with Crippen molar-refractivity contribution in [2.24, 2.45) is 5.92 Å². The Morgan fingerprint density at radius 3 is 2.80 bits per heavy atom. The lowest BCUT2D eigenvalue weighted by molar-refractivity contribution is -0.186. The van der Waals surface area contributed by atoms with Crippen LogP contribution in [0.5, 0.6) is 0 Å². The average molecular weight is 345 g/mol. The van der Waals surface area contributed by atoms with Crippen molar-refractivity contribution in [2.45, 2.75) is 45.9 Å². The minimum absolute atomic E-state index is 0.173. The van der Waals surface area contributed by atoms with Gasteiger partial charge in [0.1, 0.15) is 0 Å². The first kappa shape index (κ1) is 17.6. The van der Waals surface area contributed by atoms with Crippen molar-refractivity contribution in [3.8, 4) is 0 Å². The zero-order valence-electron chi connectivity index (χ0n) is 14.5. The summed E-state index contributed by atoms with van der Waals surface area (Å²) in [5.74, 6) is -0.253. The molecule has 1 aliphatic rings. The second-order valence-corrected chi connectivity index (χ2v) is 6.62. The van der Waals surface area contributed by atoms with Crippen LogP contribution in [0.4, 0.5) is 0 Å². The van der Waals surface area contributed by atoms with E-state index in [0.717, 1.165) is 19.3 Å². The largest absolute Gasteiger partial charge is 0.350 e. The minimum Gasteiger partial charge on any atom is -0.350 e. The molecule has 0 spiro atoms. The normalized spacial score (nSPS) is 17.8. The third-order valence-electron chi connectivity index (χ3n) is 4.04. The van der Waals surface area contributed by atoms with Crippen LogP contribution in [0, 0.1) is 5.92 Å². The second-order valence-electron chi connectivity index (χ2n) is 6.62. The second kappa shape index (κ2) is 7.76. The van der Waals surface area contributed by atoms with Crippen molar-refractivity contribution in [2.75, 3.05) is 6.61 Å². The number of fused-ring (bicyclic) bond motifs is 1. The number of hydrogen-bond acceptors (Lipinski definition) is 5. The zero-order valence-corrected chi connectivity index (χ0v) is 14.5. The predicted octanol–water partition coefficient (Wildman–Crippen LogP) is 2.24. The fraction of sp³-hybridized carbons (Fsp3) is 0.500. The van der Waals surface area contributed by atoms with Gasteiger partial charge in [-0.2, -0.15) is 5.10 Å². The first-order valence-corrected chi connectivity index (χ1v) is 8.63. The van der Waals surface area contributed by atoms with Crippen molar-refractivity contribution < 1.29 is 14.4 Å². The van der Waals surface area contributed by atoms with E-state index in [0.29, 0.717) is 23.9 Å². The third kappa shape index (κ3) is 4.05. The third-order valence-corrected chi connectivity index (χ3v) is 4.04. The van der Waals surface area contributed by atoms with Crippen LogP contribution < -0.4 is 11.0 Å². The molecule has 25 heavy (non-hydrogen) atoms. The molecule has 1 N–H and O–H groups in total. The average Bonchev–Trinajstić information content (AvgIpc) is 2.62. The van der Waals surface area contributed by atoms with Crippen molar-refractivity contribution in [1.29, 1.82) is 0 Å². The Labute approximate surface area is 145 Å². The quantitative estimate of drug-likeness (QED) is 0.841. The van der Waals surface area contributed by atoms with Gasteiger partial charge in [0.15, 0.2) is 12.0 Å². The van der Waals surface area contributed by atoms with Crippen molar-refractivity contribution in [3.05, 3.63) is 40.3 Å². The molecule has 1 atom stereocenters. The predicted molar refractivity (Wildman–Crippen MR) is 93.0 cm³/mol. The van der Waals surface area contributed by atoms with Crippen LogP contribution >= 0.6 is 0 Å². The van der Waals surface area contributed by atoms with Crippen LogP contribution in [0.2, 0.25) is 0 Å². The smallest absolute Gasteiger partial charge is 0.296 e. The number of benzene rings is 1. The maximum atomic E-state index is 12.6. The Balaban J connectivity index is 1.89. The van der Waals surface area contributed by atoms with Gasteiger partial charge in [0.2, 0.25) is 0 Å². The molecule has 1 aliphatic heterocycles. The monoisotopic (exact) mass is 345 g/mol. The van der Waals surface area contributed by atoms with E-state index < -0.39 is 12.2 Å². The van der Waals surface area contributed by atoms with E-state index in [1.54, 1.807) is 24.3 Å². The summed E-state index contributed by atoms with van der Waals surface area (Å²) < 4.78 is 6.78. The molecule has 0 unspecified atom stereocenters. The number of rotatable bonds is 5. The molecule has 1 aromatic carbocycles. The fourth-order valence-corrected chi connectivity index (χ4v) is 2.84. The van der Waals surface area contributed by atoms with Crippen molar-refractivity contribution in [1.82, 2.24) is 15.3 Å². The van der Waals surface area contributed by atoms with Gasteiger partial charge in [-0.3, -0.25) is 9.59 Å². The molecule has 0 radical (unpaired) electrons. The molecule has 2 heterocycles. The Kier molecular flexibility index (Phi) is 5.45. The highest BCUT2D eigenvalue weighted by Gasteiger charge is 2.20. The number of aromatic nitrogens is 2. The Bertz CT molecular complexity index is 810. The van der Waals surface area contributed by atoms with Gasteiger partial charge in [0.05, 0.1) is 5.39 Å². The number of hydroxylamine groups is 1. The number of carbonyl (C=O) groups is 1. The van der Waals surface area contributed by atoms with E-state index in [2.05, 4.69) is 10.6 Å². The Morgan fingerprint density at radius 2 is 2.12 bits per heavy atom. The summed E-state index contributed by atoms with van der Waals surface area (Å²) in [4.78, 5) is 30.5. The summed E-state index contributed by atoms with van der Waals surface area (Å²) in [6.45, 7) is 5.05. The molecule has 0 saturated carbocycles. The maximum absolute atomic E-state index is 12.6. The summed E-state index contributed by atoms with van der Waals surface area (Å²) in [7, 11) is 0. The fourth-order valence-electron chi connectivity index (χ4n) is 2.84. The van der Waals surface area contributed by atoms with Crippen LogP contribution in [-0.2, 0) is 16.1 Å². The van der Waals surface area contributed by atoms with Crippen molar-refractivity contribution in [3.63, 3.8) is 0 Å². The van der Waals surface area contributed by atoms with Crippen LogP contribution in [-0.4, -0.2) is 28.6 Å². The van der Waals surface area contributed by atoms with E-state index in [1.165, 1.54) is 4.68 Å². The molecule has 7 heteroatoms. The highest BCUT2D eigenvalue weighted by molar-refractivity contribution is 6.04. The summed E-state index contributed by atoms with van der Waals surface area (Å²) in [5, 5.41) is 5.26. The lowest BCUT2D eigenvalue weighted by Crippen LogP contribution is -2.35. The van der Waals surface area contributed by atoms with E-state index in [4.69, 9.17) is 9.57 Å². The summed E-state index contributed by atoms with van der Waals surface area (Å²) in [6, 6.07) is 6.98. The molecular weight excluding hydrogens is 322 g/mol. The Hall–Kier alpha value is -2.25. The standard InChI is InChI=1S/C18H23N3O4/c1-12(2)11-21-18(23)14-8-4-3-7-13(14)16(19-21)17(22)20-25-15-9-5-6-10-24-15/h3-4,7-8,12,15H,5-6,9-11H2,1-2H3,(H,20,22)/t15-/m1/s1. The van der Waals surface area contributed by atoms with Gasteiger partial charge in [-0.1, -0.05) is 32.0 Å². The van der Waals surface area contributed by atoms with Gasteiger partial charge in [-0.05, 0) is 24.8 Å². The number of hydrogen-bond donors (Lipinski definition) is 1. The van der Waals surface area contributed by atoms with E-state index in [9.17, 15) is 9.59 Å². The summed E-state index contributed by atoms with van der Waals surface area (Å²) >= 11 is 0. The molecule has 1 fully saturated rings. The van der Waals surface area contributed by atoms with Crippen LogP contribution in [0.1, 0.15) is 43.6 Å². The van der Waals surface area contributed by atoms with Crippen molar-refractivity contribution >= 4 is 16.7 Å². The van der Waals surface area contributed by atoms with E-state index >= 15 is 0 Å². The molecule has 1 saturated heterocycles. The molecule has 0 bridgehead atoms. The highest BCUT2D eigenvalue weighted by Crippen LogP contribution is 2.15. The molecule has 3 rings (SSSR count). The first-order valence-electron chi connectivity index (χ1n) is 8.63. The van der Waals surface area contributed by atoms with Crippen LogP contribution in [0.25, 0.3) is 10.8 Å². The summed E-state index contributed by atoms with van der Waals surface area (Å²) in [6.07, 6.45) is 2.30. The number of amides is 1. The topological polar surface area (TPSA) is 82.5 Å². The van der Waals surface area contributed by atoms with Gasteiger partial charge in [-0.25, -0.2) is 15.0 Å². The lowest BCUT2D eigenvalue weighted by atomic mass is 10.1. The first-order chi connectivity index (χ1) is 12.1. The molecule has 1 amide bonds. The molecule has 0 aliphatic carbocycles. The Morgan fingerprint density at radius 1 is 1.36 bits per heavy atom. The van der Waals surface area contributed by atoms with Gasteiger partial charge in [-0.15, -0.1) is 0 Å². The molecule has 134 valence electrons. The molecular formula is C18H23N3O4. The zero-order chi connectivity index (χ0) is 17.8. The maximum Gasteiger partial charge on any atom is 0.296 e. The summed E-state index contributed by atoms with van der Waals surface area (Å²) in [5.41, 5.74) is 2.39. The number of carbonyl (C=O) groups excluding carboxylic acids is 1. The van der Waals surface area contributed by atoms with Gasteiger partial charge in [0.25, 0.3) is 11.5 Å². The minimum atomic E-state index is -0.483. The molecule has 7 nitrogen and oxygen atoms in total. The van der Waals surface area contributed by atoms with E-state index in [1.807, 2.05) is 13.8 Å². The number of nitrogens with one attached hydrogen (secondary N) is 1. The molecule has 2 aromatic rings. The molecule has 1 aromatic heterocycles. The number of nitrogens with zero attached hydrogens (tertiary/aromatic N) is 2. The van der Waals surface area contributed by atoms with Gasteiger partial charge in [0, 0.05) is 25.0 Å². The van der Waals surface area contributed by atoms with E-state index in [-0.39, 0.29) is 17.2 Å². The number of ether oxygens (including phenoxy) is 1.